The minimum Gasteiger partial charge on any atom is -0.410 e. The first-order valence-corrected chi connectivity index (χ1v) is 5.09. The quantitative estimate of drug-likeness (QED) is 0.774. The number of ether oxygens (including phenoxy) is 1. The van der Waals surface area contributed by atoms with Crippen LogP contribution in [0.3, 0.4) is 0 Å². The van der Waals surface area contributed by atoms with Gasteiger partial charge in [0.2, 0.25) is 0 Å². The maximum Gasteiger partial charge on any atom is 0.409 e. The maximum atomic E-state index is 10.8. The van der Waals surface area contributed by atoms with E-state index in [4.69, 9.17) is 16.2 Å². The molecule has 4 N–H and O–H groups in total. The summed E-state index contributed by atoms with van der Waals surface area (Å²) in [6.45, 7) is 0. The molecule has 4 heteroatoms. The van der Waals surface area contributed by atoms with Gasteiger partial charge in [-0.3, -0.25) is 0 Å². The first-order chi connectivity index (χ1) is 8.18. The summed E-state index contributed by atoms with van der Waals surface area (Å²) in [4.78, 5) is 10.8. The molecule has 0 radical (unpaired) electrons. The van der Waals surface area contributed by atoms with Crippen LogP contribution < -0.4 is 16.2 Å². The summed E-state index contributed by atoms with van der Waals surface area (Å²) < 4.78 is 4.94. The van der Waals surface area contributed by atoms with Crippen LogP contribution in [0.4, 0.5) is 10.5 Å². The van der Waals surface area contributed by atoms with Crippen molar-refractivity contribution in [2.24, 2.45) is 5.73 Å². The predicted octanol–water partition coefficient (Wildman–Crippen LogP) is 2.39. The molecule has 4 nitrogen and oxygen atoms in total. The molecule has 2 aromatic carbocycles. The van der Waals surface area contributed by atoms with Crippen molar-refractivity contribution in [1.29, 1.82) is 0 Å². The Labute approximate surface area is 98.8 Å². The molecule has 0 aliphatic heterocycles. The lowest BCUT2D eigenvalue weighted by molar-refractivity contribution is 0.211. The summed E-state index contributed by atoms with van der Waals surface area (Å²) in [6, 6.07) is 14.5. The predicted molar refractivity (Wildman–Crippen MR) is 66.5 cm³/mol. The van der Waals surface area contributed by atoms with Crippen molar-refractivity contribution in [3.63, 3.8) is 0 Å². The summed E-state index contributed by atoms with van der Waals surface area (Å²) in [5, 5.41) is 0. The number of carbonyl (C=O) groups excluding carboxylic acids is 1. The SMILES string of the molecule is NC(=O)Oc1ccccc1-c1ccccc1N. The Kier molecular flexibility index (Phi) is 2.96. The standard InChI is InChI=1S/C13H12N2O2/c14-11-7-3-1-5-9(11)10-6-2-4-8-12(10)17-13(15)16/h1-8H,14H2,(H2,15,16). The smallest absolute Gasteiger partial charge is 0.409 e. The van der Waals surface area contributed by atoms with Crippen LogP contribution in [-0.4, -0.2) is 6.09 Å². The van der Waals surface area contributed by atoms with Gasteiger partial charge < -0.3 is 16.2 Å². The van der Waals surface area contributed by atoms with E-state index in [0.29, 0.717) is 11.4 Å². The number of nitrogens with two attached hydrogens (primary N) is 2. The summed E-state index contributed by atoms with van der Waals surface area (Å²) in [5.74, 6) is 0.401. The van der Waals surface area contributed by atoms with Crippen LogP contribution in [-0.2, 0) is 0 Å². The molecular weight excluding hydrogens is 216 g/mol. The van der Waals surface area contributed by atoms with E-state index < -0.39 is 6.09 Å². The summed E-state index contributed by atoms with van der Waals surface area (Å²) in [7, 11) is 0. The molecule has 0 aromatic heterocycles. The van der Waals surface area contributed by atoms with Gasteiger partial charge in [0.05, 0.1) is 0 Å². The third-order valence-corrected chi connectivity index (χ3v) is 2.35. The third kappa shape index (κ3) is 2.36. The second kappa shape index (κ2) is 4.57. The highest BCUT2D eigenvalue weighted by Crippen LogP contribution is 2.33. The molecule has 86 valence electrons. The molecule has 0 aliphatic rings. The molecule has 0 fully saturated rings. The van der Waals surface area contributed by atoms with E-state index in [1.54, 1.807) is 18.2 Å². The van der Waals surface area contributed by atoms with E-state index in [1.807, 2.05) is 30.3 Å². The molecule has 2 aromatic rings. The van der Waals surface area contributed by atoms with Gasteiger partial charge in [-0.1, -0.05) is 36.4 Å². The summed E-state index contributed by atoms with van der Waals surface area (Å²) in [5.41, 5.74) is 13.1. The lowest BCUT2D eigenvalue weighted by Gasteiger charge is -2.10. The number of hydrogen-bond donors (Lipinski definition) is 2. The number of carbonyl (C=O) groups is 1. The van der Waals surface area contributed by atoms with Gasteiger partial charge in [0, 0.05) is 16.8 Å². The van der Waals surface area contributed by atoms with Crippen LogP contribution >= 0.6 is 0 Å². The second-order valence-electron chi connectivity index (χ2n) is 3.50. The summed E-state index contributed by atoms with van der Waals surface area (Å²) in [6.07, 6.45) is -0.841. The molecule has 0 spiro atoms. The van der Waals surface area contributed by atoms with E-state index in [0.717, 1.165) is 11.1 Å². The monoisotopic (exact) mass is 228 g/mol. The van der Waals surface area contributed by atoms with Crippen LogP contribution in [0.2, 0.25) is 0 Å². The van der Waals surface area contributed by atoms with E-state index in [9.17, 15) is 4.79 Å². The minimum atomic E-state index is -0.841. The Balaban J connectivity index is 2.52. The summed E-state index contributed by atoms with van der Waals surface area (Å²) >= 11 is 0. The van der Waals surface area contributed by atoms with Crippen LogP contribution in [0.25, 0.3) is 11.1 Å². The number of para-hydroxylation sites is 2. The van der Waals surface area contributed by atoms with Crippen LogP contribution in [0, 0.1) is 0 Å². The molecule has 0 saturated carbocycles. The van der Waals surface area contributed by atoms with Crippen LogP contribution in [0.1, 0.15) is 0 Å². The number of nitrogen functional groups attached to an aromatic ring is 1. The molecular formula is C13H12N2O2. The Morgan fingerprint density at radius 1 is 0.941 bits per heavy atom. The topological polar surface area (TPSA) is 78.3 Å². The van der Waals surface area contributed by atoms with Gasteiger partial charge in [-0.2, -0.15) is 0 Å². The molecule has 0 aliphatic carbocycles. The molecule has 2 rings (SSSR count). The fourth-order valence-electron chi connectivity index (χ4n) is 1.63. The third-order valence-electron chi connectivity index (χ3n) is 2.35. The molecule has 1 amide bonds. The van der Waals surface area contributed by atoms with Gasteiger partial charge in [0.1, 0.15) is 5.75 Å². The van der Waals surface area contributed by atoms with E-state index in [1.165, 1.54) is 0 Å². The maximum absolute atomic E-state index is 10.8. The number of amides is 1. The minimum absolute atomic E-state index is 0.401. The molecule has 17 heavy (non-hydrogen) atoms. The van der Waals surface area contributed by atoms with E-state index >= 15 is 0 Å². The molecule has 0 atom stereocenters. The van der Waals surface area contributed by atoms with Crippen molar-refractivity contribution in [1.82, 2.24) is 0 Å². The van der Waals surface area contributed by atoms with Crippen molar-refractivity contribution in [3.8, 4) is 16.9 Å². The van der Waals surface area contributed by atoms with E-state index in [-0.39, 0.29) is 0 Å². The normalized spacial score (nSPS) is 9.88. The zero-order valence-electron chi connectivity index (χ0n) is 9.09. The van der Waals surface area contributed by atoms with Gasteiger partial charge in [0.25, 0.3) is 0 Å². The van der Waals surface area contributed by atoms with Crippen LogP contribution in [0.15, 0.2) is 48.5 Å². The van der Waals surface area contributed by atoms with Gasteiger partial charge >= 0.3 is 6.09 Å². The highest BCUT2D eigenvalue weighted by atomic mass is 16.5. The Bertz CT molecular complexity index is 553. The van der Waals surface area contributed by atoms with Gasteiger partial charge in [-0.05, 0) is 12.1 Å². The number of rotatable bonds is 2. The number of hydrogen-bond acceptors (Lipinski definition) is 3. The highest BCUT2D eigenvalue weighted by Gasteiger charge is 2.09. The fraction of sp³-hybridized carbons (Fsp3) is 0. The van der Waals surface area contributed by atoms with E-state index in [2.05, 4.69) is 0 Å². The number of benzene rings is 2. The fourth-order valence-corrected chi connectivity index (χ4v) is 1.63. The van der Waals surface area contributed by atoms with Crippen LogP contribution in [0.5, 0.6) is 5.75 Å². The Morgan fingerprint density at radius 2 is 1.53 bits per heavy atom. The average Bonchev–Trinajstić information content (AvgIpc) is 2.30. The molecule has 0 heterocycles. The lowest BCUT2D eigenvalue weighted by atomic mass is 10.0. The largest absolute Gasteiger partial charge is 0.410 e. The van der Waals surface area contributed by atoms with Crippen molar-refractivity contribution in [2.45, 2.75) is 0 Å². The van der Waals surface area contributed by atoms with Crippen molar-refractivity contribution >= 4 is 11.8 Å². The number of anilines is 1. The van der Waals surface area contributed by atoms with Crippen molar-refractivity contribution in [2.75, 3.05) is 5.73 Å². The molecule has 0 saturated heterocycles. The van der Waals surface area contributed by atoms with Gasteiger partial charge in [-0.25, -0.2) is 4.79 Å². The molecule has 0 bridgehead atoms. The zero-order valence-corrected chi connectivity index (χ0v) is 9.09. The average molecular weight is 228 g/mol. The zero-order chi connectivity index (χ0) is 12.3. The highest BCUT2D eigenvalue weighted by molar-refractivity contribution is 5.82. The van der Waals surface area contributed by atoms with Gasteiger partial charge in [-0.15, -0.1) is 0 Å². The molecule has 0 unspecified atom stereocenters. The Hall–Kier alpha value is -2.49. The van der Waals surface area contributed by atoms with Gasteiger partial charge in [0.15, 0.2) is 0 Å². The first-order valence-electron chi connectivity index (χ1n) is 5.09. The number of primary amides is 1. The Morgan fingerprint density at radius 3 is 2.18 bits per heavy atom. The van der Waals surface area contributed by atoms with Crippen molar-refractivity contribution < 1.29 is 9.53 Å². The lowest BCUT2D eigenvalue weighted by Crippen LogP contribution is -2.16. The first kappa shape index (κ1) is 11.0. The second-order valence-corrected chi connectivity index (χ2v) is 3.50. The van der Waals surface area contributed by atoms with Crippen molar-refractivity contribution in [3.05, 3.63) is 48.5 Å².